The fourth-order valence-electron chi connectivity index (χ4n) is 2.41. The SMILES string of the molecule is C=CCCCCCC(NCCC)c1ccc(C)cc1Br. The predicted octanol–water partition coefficient (Wildman–Crippen LogP) is 5.93. The lowest BCUT2D eigenvalue weighted by Crippen LogP contribution is -2.22. The van der Waals surface area contributed by atoms with Gasteiger partial charge in [0.1, 0.15) is 0 Å². The molecule has 0 aromatic heterocycles. The maximum absolute atomic E-state index is 3.78. The molecule has 0 saturated carbocycles. The first-order chi connectivity index (χ1) is 9.69. The zero-order valence-corrected chi connectivity index (χ0v) is 14.5. The van der Waals surface area contributed by atoms with E-state index in [1.54, 1.807) is 0 Å². The number of rotatable bonds is 10. The molecule has 0 heterocycles. The minimum atomic E-state index is 0.466. The van der Waals surface area contributed by atoms with E-state index in [2.05, 4.69) is 59.9 Å². The Morgan fingerprint density at radius 2 is 2.10 bits per heavy atom. The van der Waals surface area contributed by atoms with Gasteiger partial charge in [-0.15, -0.1) is 6.58 Å². The first-order valence-electron chi connectivity index (χ1n) is 7.79. The molecule has 2 heteroatoms. The molecule has 0 saturated heterocycles. The number of halogens is 1. The van der Waals surface area contributed by atoms with Crippen LogP contribution in [-0.2, 0) is 0 Å². The Labute approximate surface area is 133 Å². The Bertz CT molecular complexity index is 400. The fourth-order valence-corrected chi connectivity index (χ4v) is 3.18. The molecular formula is C18H28BrN. The molecule has 0 spiro atoms. The van der Waals surface area contributed by atoms with Crippen LogP contribution >= 0.6 is 15.9 Å². The normalized spacial score (nSPS) is 12.3. The Hall–Kier alpha value is -0.600. The summed E-state index contributed by atoms with van der Waals surface area (Å²) in [5.41, 5.74) is 2.70. The van der Waals surface area contributed by atoms with Crippen molar-refractivity contribution in [3.63, 3.8) is 0 Å². The third-order valence-corrected chi connectivity index (χ3v) is 4.26. The van der Waals surface area contributed by atoms with E-state index in [0.717, 1.165) is 13.0 Å². The monoisotopic (exact) mass is 337 g/mol. The molecule has 1 nitrogen and oxygen atoms in total. The summed E-state index contributed by atoms with van der Waals surface area (Å²) in [5.74, 6) is 0. The van der Waals surface area contributed by atoms with Crippen LogP contribution in [0.25, 0.3) is 0 Å². The highest BCUT2D eigenvalue weighted by atomic mass is 79.9. The molecule has 1 atom stereocenters. The van der Waals surface area contributed by atoms with Crippen molar-refractivity contribution in [2.24, 2.45) is 0 Å². The highest BCUT2D eigenvalue weighted by molar-refractivity contribution is 9.10. The number of nitrogens with one attached hydrogen (secondary N) is 1. The number of hydrogen-bond donors (Lipinski definition) is 1. The van der Waals surface area contributed by atoms with Crippen LogP contribution in [-0.4, -0.2) is 6.54 Å². The molecule has 1 aromatic carbocycles. The number of hydrogen-bond acceptors (Lipinski definition) is 1. The molecule has 0 aliphatic carbocycles. The molecule has 0 aliphatic rings. The van der Waals surface area contributed by atoms with Gasteiger partial charge in [-0.1, -0.05) is 53.9 Å². The summed E-state index contributed by atoms with van der Waals surface area (Å²) in [6.07, 6.45) is 9.37. The van der Waals surface area contributed by atoms with Crippen LogP contribution in [0.3, 0.4) is 0 Å². The van der Waals surface area contributed by atoms with Crippen molar-refractivity contribution in [3.05, 3.63) is 46.5 Å². The molecule has 0 fully saturated rings. The number of benzene rings is 1. The largest absolute Gasteiger partial charge is 0.310 e. The lowest BCUT2D eigenvalue weighted by molar-refractivity contribution is 0.471. The average molecular weight is 338 g/mol. The summed E-state index contributed by atoms with van der Waals surface area (Å²) < 4.78 is 1.23. The van der Waals surface area contributed by atoms with Gasteiger partial charge in [0.15, 0.2) is 0 Å². The van der Waals surface area contributed by atoms with Crippen molar-refractivity contribution >= 4 is 15.9 Å². The van der Waals surface area contributed by atoms with Crippen molar-refractivity contribution in [2.75, 3.05) is 6.54 Å². The van der Waals surface area contributed by atoms with E-state index < -0.39 is 0 Å². The zero-order chi connectivity index (χ0) is 14.8. The van der Waals surface area contributed by atoms with Gasteiger partial charge in [0.2, 0.25) is 0 Å². The van der Waals surface area contributed by atoms with E-state index in [-0.39, 0.29) is 0 Å². The van der Waals surface area contributed by atoms with Gasteiger partial charge in [-0.3, -0.25) is 0 Å². The molecule has 1 rings (SSSR count). The van der Waals surface area contributed by atoms with Gasteiger partial charge in [0.05, 0.1) is 0 Å². The van der Waals surface area contributed by atoms with Crippen LogP contribution in [0.2, 0.25) is 0 Å². The van der Waals surface area contributed by atoms with Crippen LogP contribution in [0.5, 0.6) is 0 Å². The molecule has 0 amide bonds. The number of unbranched alkanes of at least 4 members (excludes halogenated alkanes) is 3. The van der Waals surface area contributed by atoms with Crippen molar-refractivity contribution in [1.82, 2.24) is 5.32 Å². The smallest absolute Gasteiger partial charge is 0.0331 e. The summed E-state index contributed by atoms with van der Waals surface area (Å²) in [6, 6.07) is 7.15. The Balaban J connectivity index is 2.60. The van der Waals surface area contributed by atoms with Gasteiger partial charge < -0.3 is 5.32 Å². The lowest BCUT2D eigenvalue weighted by atomic mass is 9.99. The second-order valence-electron chi connectivity index (χ2n) is 5.46. The van der Waals surface area contributed by atoms with Crippen molar-refractivity contribution < 1.29 is 0 Å². The van der Waals surface area contributed by atoms with Crippen molar-refractivity contribution in [2.45, 2.75) is 58.4 Å². The van der Waals surface area contributed by atoms with Gasteiger partial charge in [-0.25, -0.2) is 0 Å². The minimum absolute atomic E-state index is 0.466. The first-order valence-corrected chi connectivity index (χ1v) is 8.58. The Morgan fingerprint density at radius 1 is 1.30 bits per heavy atom. The van der Waals surface area contributed by atoms with E-state index in [1.807, 2.05) is 6.08 Å². The molecule has 1 unspecified atom stereocenters. The van der Waals surface area contributed by atoms with Gasteiger partial charge in [-0.2, -0.15) is 0 Å². The quantitative estimate of drug-likeness (QED) is 0.411. The standard InChI is InChI=1S/C18H28BrN/c1-4-6-7-8-9-10-18(20-13-5-2)16-12-11-15(3)14-17(16)19/h4,11-12,14,18,20H,1,5-10,13H2,2-3H3. The fraction of sp³-hybridized carbons (Fsp3) is 0.556. The second-order valence-corrected chi connectivity index (χ2v) is 6.31. The third-order valence-electron chi connectivity index (χ3n) is 3.57. The number of aryl methyl sites for hydroxylation is 1. The van der Waals surface area contributed by atoms with Gasteiger partial charge in [-0.05, 0) is 56.3 Å². The van der Waals surface area contributed by atoms with Gasteiger partial charge in [0, 0.05) is 10.5 Å². The molecule has 112 valence electrons. The second kappa shape index (κ2) is 10.2. The van der Waals surface area contributed by atoms with Crippen LogP contribution < -0.4 is 5.32 Å². The van der Waals surface area contributed by atoms with Crippen molar-refractivity contribution in [1.29, 1.82) is 0 Å². The molecule has 1 aromatic rings. The highest BCUT2D eigenvalue weighted by Gasteiger charge is 2.13. The van der Waals surface area contributed by atoms with Crippen LogP contribution in [0.15, 0.2) is 35.3 Å². The summed E-state index contributed by atoms with van der Waals surface area (Å²) >= 11 is 3.72. The van der Waals surface area contributed by atoms with E-state index in [4.69, 9.17) is 0 Å². The van der Waals surface area contributed by atoms with E-state index in [9.17, 15) is 0 Å². The summed E-state index contributed by atoms with van der Waals surface area (Å²) in [7, 11) is 0. The van der Waals surface area contributed by atoms with Crippen LogP contribution in [0.4, 0.5) is 0 Å². The maximum Gasteiger partial charge on any atom is 0.0331 e. The predicted molar refractivity (Wildman–Crippen MR) is 93.2 cm³/mol. The van der Waals surface area contributed by atoms with Gasteiger partial charge in [0.25, 0.3) is 0 Å². The summed E-state index contributed by atoms with van der Waals surface area (Å²) in [4.78, 5) is 0. The van der Waals surface area contributed by atoms with Crippen LogP contribution in [0.1, 0.15) is 62.6 Å². The summed E-state index contributed by atoms with van der Waals surface area (Å²) in [6.45, 7) is 9.22. The topological polar surface area (TPSA) is 12.0 Å². The Kier molecular flexibility index (Phi) is 8.88. The zero-order valence-electron chi connectivity index (χ0n) is 12.9. The summed E-state index contributed by atoms with van der Waals surface area (Å²) in [5, 5.41) is 3.69. The van der Waals surface area contributed by atoms with E-state index >= 15 is 0 Å². The Morgan fingerprint density at radius 3 is 2.75 bits per heavy atom. The molecule has 0 aliphatic heterocycles. The number of allylic oxidation sites excluding steroid dienone is 1. The molecule has 0 bridgehead atoms. The first kappa shape index (κ1) is 17.5. The molecule has 20 heavy (non-hydrogen) atoms. The van der Waals surface area contributed by atoms with Crippen LogP contribution in [0, 0.1) is 6.92 Å². The minimum Gasteiger partial charge on any atom is -0.310 e. The highest BCUT2D eigenvalue weighted by Crippen LogP contribution is 2.28. The maximum atomic E-state index is 3.78. The lowest BCUT2D eigenvalue weighted by Gasteiger charge is -2.20. The third kappa shape index (κ3) is 6.23. The van der Waals surface area contributed by atoms with Crippen molar-refractivity contribution in [3.8, 4) is 0 Å². The van der Waals surface area contributed by atoms with E-state index in [1.165, 1.54) is 47.7 Å². The molecular weight excluding hydrogens is 310 g/mol. The average Bonchev–Trinajstić information content (AvgIpc) is 2.43. The van der Waals surface area contributed by atoms with E-state index in [0.29, 0.717) is 6.04 Å². The molecule has 0 radical (unpaired) electrons. The molecule has 1 N–H and O–H groups in total. The van der Waals surface area contributed by atoms with Gasteiger partial charge >= 0.3 is 0 Å².